The predicted molar refractivity (Wildman–Crippen MR) is 45.6 cm³/mol. The molecular formula is C8H8O6. The Bertz CT molecular complexity index is 299. The van der Waals surface area contributed by atoms with E-state index in [4.69, 9.17) is 20.7 Å². The summed E-state index contributed by atoms with van der Waals surface area (Å²) in [6.45, 7) is 0. The Labute approximate surface area is 78.6 Å². The summed E-state index contributed by atoms with van der Waals surface area (Å²) in [5.41, 5.74) is -0.380. The lowest BCUT2D eigenvalue weighted by molar-refractivity contribution is -0.176. The van der Waals surface area contributed by atoms with Gasteiger partial charge in [0, 0.05) is 0 Å². The van der Waals surface area contributed by atoms with Gasteiger partial charge in [-0.25, -0.2) is 9.59 Å². The van der Waals surface area contributed by atoms with Gasteiger partial charge in [0.1, 0.15) is 0 Å². The Hall–Kier alpha value is -1.92. The molecule has 0 spiro atoms. The molecular weight excluding hydrogens is 192 g/mol. The highest BCUT2D eigenvalue weighted by molar-refractivity contribution is 6.01. The Morgan fingerprint density at radius 1 is 0.857 bits per heavy atom. The van der Waals surface area contributed by atoms with Gasteiger partial charge in [-0.15, -0.1) is 0 Å². The second-order valence-electron chi connectivity index (χ2n) is 2.16. The summed E-state index contributed by atoms with van der Waals surface area (Å²) in [6.07, 6.45) is 0. The van der Waals surface area contributed by atoms with Crippen molar-refractivity contribution in [1.82, 2.24) is 0 Å². The molecule has 14 heavy (non-hydrogen) atoms. The lowest BCUT2D eigenvalue weighted by atomic mass is 10.1. The highest BCUT2D eigenvalue weighted by Gasteiger charge is 2.13. The molecule has 0 aliphatic heterocycles. The molecule has 0 unspecified atom stereocenters. The van der Waals surface area contributed by atoms with Crippen LogP contribution in [0.5, 0.6) is 0 Å². The standard InChI is InChI=1S/C8H6O4.H2O2/c9-7(10)5-3-1-2-4-6(5)8(11)12;1-2/h1-4H,(H,9,10)(H,11,12);1-2H. The first kappa shape index (κ1) is 12.1. The summed E-state index contributed by atoms with van der Waals surface area (Å²) in [6, 6.07) is 5.48. The molecule has 0 atom stereocenters. The van der Waals surface area contributed by atoms with Crippen molar-refractivity contribution < 1.29 is 30.3 Å². The third kappa shape index (κ3) is 2.85. The molecule has 4 N–H and O–H groups in total. The molecule has 0 heterocycles. The summed E-state index contributed by atoms with van der Waals surface area (Å²) in [5, 5.41) is 29.1. The van der Waals surface area contributed by atoms with Crippen molar-refractivity contribution in [2.75, 3.05) is 0 Å². The molecule has 0 amide bonds. The topological polar surface area (TPSA) is 115 Å². The molecule has 1 aromatic rings. The van der Waals surface area contributed by atoms with Crippen LogP contribution in [0.2, 0.25) is 0 Å². The van der Waals surface area contributed by atoms with Gasteiger partial charge in [0.25, 0.3) is 0 Å². The van der Waals surface area contributed by atoms with Crippen LogP contribution in [0.25, 0.3) is 0 Å². The zero-order valence-corrected chi connectivity index (χ0v) is 6.91. The summed E-state index contributed by atoms with van der Waals surface area (Å²) < 4.78 is 0. The van der Waals surface area contributed by atoms with Crippen LogP contribution in [0.1, 0.15) is 20.7 Å². The summed E-state index contributed by atoms with van der Waals surface area (Å²) in [5.74, 6) is -2.46. The number of benzene rings is 1. The second kappa shape index (κ2) is 5.68. The van der Waals surface area contributed by atoms with Crippen molar-refractivity contribution in [3.8, 4) is 0 Å². The minimum absolute atomic E-state index is 0.190. The number of carboxylic acids is 2. The van der Waals surface area contributed by atoms with Crippen LogP contribution in [0.4, 0.5) is 0 Å². The molecule has 0 aromatic heterocycles. The highest BCUT2D eigenvalue weighted by atomic mass is 17.0. The number of hydrogen-bond donors (Lipinski definition) is 4. The van der Waals surface area contributed by atoms with Crippen molar-refractivity contribution in [2.45, 2.75) is 0 Å². The lowest BCUT2D eigenvalue weighted by Gasteiger charge is -1.98. The van der Waals surface area contributed by atoms with E-state index in [2.05, 4.69) is 0 Å². The molecule has 6 nitrogen and oxygen atoms in total. The van der Waals surface area contributed by atoms with Gasteiger partial charge >= 0.3 is 11.9 Å². The maximum absolute atomic E-state index is 10.5. The van der Waals surface area contributed by atoms with Crippen molar-refractivity contribution in [3.63, 3.8) is 0 Å². The minimum Gasteiger partial charge on any atom is -0.478 e. The molecule has 6 heteroatoms. The van der Waals surface area contributed by atoms with E-state index in [9.17, 15) is 9.59 Å². The van der Waals surface area contributed by atoms with E-state index in [0.717, 1.165) is 0 Å². The van der Waals surface area contributed by atoms with E-state index < -0.39 is 11.9 Å². The zero-order valence-electron chi connectivity index (χ0n) is 6.91. The lowest BCUT2D eigenvalue weighted by Crippen LogP contribution is -2.06. The molecule has 76 valence electrons. The molecule has 0 saturated heterocycles. The Morgan fingerprint density at radius 2 is 1.14 bits per heavy atom. The van der Waals surface area contributed by atoms with E-state index in [1.807, 2.05) is 0 Å². The highest BCUT2D eigenvalue weighted by Crippen LogP contribution is 2.07. The number of aromatic carboxylic acids is 2. The Morgan fingerprint density at radius 3 is 1.36 bits per heavy atom. The number of hydrogen-bond acceptors (Lipinski definition) is 4. The number of carboxylic acid groups (broad SMARTS) is 2. The smallest absolute Gasteiger partial charge is 0.336 e. The first-order valence-electron chi connectivity index (χ1n) is 3.38. The Balaban J connectivity index is 0.000000791. The third-order valence-electron chi connectivity index (χ3n) is 1.39. The van der Waals surface area contributed by atoms with Crippen LogP contribution in [0.15, 0.2) is 24.3 Å². The molecule has 0 radical (unpaired) electrons. The second-order valence-corrected chi connectivity index (χ2v) is 2.16. The van der Waals surface area contributed by atoms with Crippen LogP contribution in [0.3, 0.4) is 0 Å². The maximum atomic E-state index is 10.5. The first-order valence-corrected chi connectivity index (χ1v) is 3.38. The average molecular weight is 200 g/mol. The van der Waals surface area contributed by atoms with Gasteiger partial charge in [-0.05, 0) is 12.1 Å². The summed E-state index contributed by atoms with van der Waals surface area (Å²) >= 11 is 0. The van der Waals surface area contributed by atoms with Crippen LogP contribution < -0.4 is 0 Å². The SMILES string of the molecule is O=C(O)c1ccccc1C(=O)O.OO. The van der Waals surface area contributed by atoms with E-state index in [-0.39, 0.29) is 11.1 Å². The van der Waals surface area contributed by atoms with Crippen molar-refractivity contribution in [1.29, 1.82) is 0 Å². The largest absolute Gasteiger partial charge is 0.478 e. The zero-order chi connectivity index (χ0) is 11.1. The van der Waals surface area contributed by atoms with E-state index in [1.165, 1.54) is 24.3 Å². The predicted octanol–water partition coefficient (Wildman–Crippen LogP) is 1.10. The molecule has 0 aliphatic carbocycles. The van der Waals surface area contributed by atoms with E-state index in [1.54, 1.807) is 0 Å². The molecule has 0 aliphatic rings. The average Bonchev–Trinajstić information content (AvgIpc) is 2.20. The molecule has 1 aromatic carbocycles. The monoisotopic (exact) mass is 200 g/mol. The van der Waals surface area contributed by atoms with Gasteiger partial charge < -0.3 is 10.2 Å². The number of rotatable bonds is 2. The van der Waals surface area contributed by atoms with Crippen LogP contribution >= 0.6 is 0 Å². The quantitative estimate of drug-likeness (QED) is 0.419. The molecule has 0 saturated carbocycles. The van der Waals surface area contributed by atoms with Gasteiger partial charge in [-0.1, -0.05) is 12.1 Å². The summed E-state index contributed by atoms with van der Waals surface area (Å²) in [7, 11) is 0. The van der Waals surface area contributed by atoms with Gasteiger partial charge in [0.15, 0.2) is 0 Å². The Kier molecular flexibility index (Phi) is 4.90. The van der Waals surface area contributed by atoms with Gasteiger partial charge in [0.05, 0.1) is 11.1 Å². The molecule has 0 fully saturated rings. The molecule has 0 bridgehead atoms. The van der Waals surface area contributed by atoms with Crippen molar-refractivity contribution >= 4 is 11.9 Å². The van der Waals surface area contributed by atoms with Gasteiger partial charge in [-0.2, -0.15) is 0 Å². The van der Waals surface area contributed by atoms with E-state index in [0.29, 0.717) is 0 Å². The molecule has 1 rings (SSSR count). The van der Waals surface area contributed by atoms with Crippen LogP contribution in [-0.4, -0.2) is 32.7 Å². The van der Waals surface area contributed by atoms with Gasteiger partial charge in [-0.3, -0.25) is 10.5 Å². The fourth-order valence-electron chi connectivity index (χ4n) is 0.856. The summed E-state index contributed by atoms with van der Waals surface area (Å²) in [4.78, 5) is 20.9. The van der Waals surface area contributed by atoms with Crippen molar-refractivity contribution in [2.24, 2.45) is 0 Å². The van der Waals surface area contributed by atoms with E-state index >= 15 is 0 Å². The fourth-order valence-corrected chi connectivity index (χ4v) is 0.856. The van der Waals surface area contributed by atoms with Crippen LogP contribution in [0, 0.1) is 0 Å². The van der Waals surface area contributed by atoms with Gasteiger partial charge in [0.2, 0.25) is 0 Å². The van der Waals surface area contributed by atoms with Crippen molar-refractivity contribution in [3.05, 3.63) is 35.4 Å². The maximum Gasteiger partial charge on any atom is 0.336 e. The first-order chi connectivity index (χ1) is 6.63. The minimum atomic E-state index is -1.23. The third-order valence-corrected chi connectivity index (χ3v) is 1.39. The fraction of sp³-hybridized carbons (Fsp3) is 0. The van der Waals surface area contributed by atoms with Crippen LogP contribution in [-0.2, 0) is 0 Å². The number of carbonyl (C=O) groups is 2. The normalized spacial score (nSPS) is 8.43.